The van der Waals surface area contributed by atoms with Gasteiger partial charge >= 0.3 is 127 Å². The first-order chi connectivity index (χ1) is 9.74. The SMILES string of the molecule is CCCN1CCc2[se]c3c(C)ccc(OC)c3c2CC1. The monoisotopic (exact) mass is 337 g/mol. The Balaban J connectivity index is 2.05. The topological polar surface area (TPSA) is 12.5 Å². The van der Waals surface area contributed by atoms with E-state index in [4.69, 9.17) is 4.74 Å². The molecule has 0 N–H and O–H groups in total. The summed E-state index contributed by atoms with van der Waals surface area (Å²) in [5, 5.41) is 1.45. The fourth-order valence-electron chi connectivity index (χ4n) is 3.23. The molecule has 0 fully saturated rings. The molecule has 1 aromatic heterocycles. The fraction of sp³-hybridized carbons (Fsp3) is 0.529. The van der Waals surface area contributed by atoms with Gasteiger partial charge in [-0.3, -0.25) is 0 Å². The molecule has 1 aliphatic rings. The molecule has 0 bridgehead atoms. The van der Waals surface area contributed by atoms with Crippen LogP contribution < -0.4 is 4.74 Å². The van der Waals surface area contributed by atoms with Gasteiger partial charge in [-0.1, -0.05) is 0 Å². The maximum absolute atomic E-state index is 5.64. The third-order valence-corrected chi connectivity index (χ3v) is 7.27. The molecule has 0 amide bonds. The van der Waals surface area contributed by atoms with Crippen LogP contribution in [0.2, 0.25) is 0 Å². The Bertz CT molecular complexity index is 617. The van der Waals surface area contributed by atoms with Crippen LogP contribution in [-0.2, 0) is 12.8 Å². The molecule has 0 unspecified atom stereocenters. The summed E-state index contributed by atoms with van der Waals surface area (Å²) in [6, 6.07) is 4.37. The molecule has 0 aliphatic carbocycles. The minimum absolute atomic E-state index is 0.519. The first-order valence-electron chi connectivity index (χ1n) is 7.54. The molecular weight excluding hydrogens is 313 g/mol. The quantitative estimate of drug-likeness (QED) is 0.799. The molecule has 0 atom stereocenters. The van der Waals surface area contributed by atoms with Gasteiger partial charge in [-0.25, -0.2) is 0 Å². The molecule has 0 saturated heterocycles. The Morgan fingerprint density at radius 3 is 2.80 bits per heavy atom. The molecule has 1 aliphatic heterocycles. The van der Waals surface area contributed by atoms with Crippen LogP contribution in [0.1, 0.15) is 28.9 Å². The predicted molar refractivity (Wildman–Crippen MR) is 86.3 cm³/mol. The van der Waals surface area contributed by atoms with Gasteiger partial charge in [0, 0.05) is 0 Å². The third kappa shape index (κ3) is 2.43. The standard InChI is InChI=1S/C17H23NOSe/c1-4-9-18-10-7-13-15(8-11-18)20-17-12(2)5-6-14(19-3)16(13)17/h5-6H,4,7-11H2,1-3H3. The van der Waals surface area contributed by atoms with E-state index >= 15 is 0 Å². The summed E-state index contributed by atoms with van der Waals surface area (Å²) in [4.78, 5) is 2.62. The number of hydrogen-bond acceptors (Lipinski definition) is 2. The number of nitrogens with zero attached hydrogens (tertiary/aromatic N) is 1. The number of aryl methyl sites for hydroxylation is 1. The minimum atomic E-state index is 0.519. The molecule has 3 rings (SSSR count). The van der Waals surface area contributed by atoms with E-state index in [2.05, 4.69) is 30.9 Å². The van der Waals surface area contributed by atoms with Crippen LogP contribution in [0.15, 0.2) is 12.1 Å². The van der Waals surface area contributed by atoms with Crippen molar-refractivity contribution in [1.82, 2.24) is 4.90 Å². The predicted octanol–water partition coefficient (Wildman–Crippen LogP) is 3.02. The molecular formula is C17H23NOSe. The summed E-state index contributed by atoms with van der Waals surface area (Å²) in [6.07, 6.45) is 3.71. The van der Waals surface area contributed by atoms with Crippen molar-refractivity contribution in [3.63, 3.8) is 0 Å². The van der Waals surface area contributed by atoms with Crippen molar-refractivity contribution in [1.29, 1.82) is 0 Å². The number of rotatable bonds is 3. The summed E-state index contributed by atoms with van der Waals surface area (Å²) in [7, 11) is 1.80. The average Bonchev–Trinajstić information content (AvgIpc) is 2.71. The van der Waals surface area contributed by atoms with Gasteiger partial charge in [0.2, 0.25) is 0 Å². The van der Waals surface area contributed by atoms with Gasteiger partial charge < -0.3 is 0 Å². The zero-order chi connectivity index (χ0) is 14.1. The number of benzene rings is 1. The summed E-state index contributed by atoms with van der Waals surface area (Å²) < 4.78 is 8.93. The van der Waals surface area contributed by atoms with Gasteiger partial charge in [0.1, 0.15) is 0 Å². The van der Waals surface area contributed by atoms with Crippen molar-refractivity contribution < 1.29 is 4.74 Å². The molecule has 1 aromatic carbocycles. The van der Waals surface area contributed by atoms with Crippen LogP contribution in [0.5, 0.6) is 5.75 Å². The fourth-order valence-corrected chi connectivity index (χ4v) is 6.00. The van der Waals surface area contributed by atoms with Crippen molar-refractivity contribution in [2.75, 3.05) is 26.7 Å². The summed E-state index contributed by atoms with van der Waals surface area (Å²) in [6.45, 7) is 8.21. The Kier molecular flexibility index (Phi) is 4.21. The number of ether oxygens (including phenoxy) is 1. The van der Waals surface area contributed by atoms with Gasteiger partial charge in [-0.05, 0) is 0 Å². The Morgan fingerprint density at radius 2 is 2.05 bits per heavy atom. The van der Waals surface area contributed by atoms with Crippen molar-refractivity contribution in [3.8, 4) is 5.75 Å². The first kappa shape index (κ1) is 14.2. The van der Waals surface area contributed by atoms with Crippen LogP contribution in [0.25, 0.3) is 9.65 Å². The van der Waals surface area contributed by atoms with Gasteiger partial charge in [0.05, 0.1) is 0 Å². The molecule has 0 saturated carbocycles. The van der Waals surface area contributed by atoms with E-state index in [1.807, 2.05) is 0 Å². The molecule has 108 valence electrons. The van der Waals surface area contributed by atoms with Crippen molar-refractivity contribution >= 4 is 24.1 Å². The molecule has 20 heavy (non-hydrogen) atoms. The zero-order valence-corrected chi connectivity index (χ0v) is 14.4. The molecule has 2 heterocycles. The van der Waals surface area contributed by atoms with E-state index in [1.54, 1.807) is 21.4 Å². The van der Waals surface area contributed by atoms with Crippen LogP contribution >= 0.6 is 0 Å². The molecule has 0 spiro atoms. The Labute approximate surface area is 127 Å². The van der Waals surface area contributed by atoms with E-state index in [-0.39, 0.29) is 0 Å². The van der Waals surface area contributed by atoms with Gasteiger partial charge in [0.15, 0.2) is 0 Å². The van der Waals surface area contributed by atoms with Gasteiger partial charge in [-0.2, -0.15) is 0 Å². The number of methoxy groups -OCH3 is 1. The second kappa shape index (κ2) is 5.93. The zero-order valence-electron chi connectivity index (χ0n) is 12.7. The summed E-state index contributed by atoms with van der Waals surface area (Å²) in [5.74, 6) is 1.08. The van der Waals surface area contributed by atoms with Gasteiger partial charge in [-0.15, -0.1) is 0 Å². The average molecular weight is 336 g/mol. The van der Waals surface area contributed by atoms with Crippen LogP contribution in [0.3, 0.4) is 0 Å². The summed E-state index contributed by atoms with van der Waals surface area (Å²) in [5.41, 5.74) is 3.05. The molecule has 3 heteroatoms. The van der Waals surface area contributed by atoms with E-state index < -0.39 is 0 Å². The molecule has 2 nitrogen and oxygen atoms in total. The van der Waals surface area contributed by atoms with Crippen molar-refractivity contribution in [2.24, 2.45) is 0 Å². The van der Waals surface area contributed by atoms with E-state index in [0.29, 0.717) is 14.5 Å². The van der Waals surface area contributed by atoms with E-state index in [0.717, 1.165) is 5.75 Å². The Morgan fingerprint density at radius 1 is 1.25 bits per heavy atom. The second-order valence-electron chi connectivity index (χ2n) is 5.63. The third-order valence-electron chi connectivity index (χ3n) is 4.27. The van der Waals surface area contributed by atoms with Crippen LogP contribution in [0.4, 0.5) is 0 Å². The van der Waals surface area contributed by atoms with E-state index in [1.165, 1.54) is 49.8 Å². The second-order valence-corrected chi connectivity index (χ2v) is 7.95. The first-order valence-corrected chi connectivity index (χ1v) is 9.26. The normalized spacial score (nSPS) is 16.1. The summed E-state index contributed by atoms with van der Waals surface area (Å²) >= 11 is 0.519. The molecule has 0 radical (unpaired) electrons. The number of fused-ring (bicyclic) bond motifs is 3. The number of hydrogen-bond donors (Lipinski definition) is 0. The van der Waals surface area contributed by atoms with Crippen molar-refractivity contribution in [3.05, 3.63) is 27.7 Å². The Hall–Kier alpha value is -0.761. The van der Waals surface area contributed by atoms with Crippen LogP contribution in [-0.4, -0.2) is 46.1 Å². The van der Waals surface area contributed by atoms with Crippen LogP contribution in [0, 0.1) is 6.92 Å². The maximum atomic E-state index is 5.64. The molecule has 2 aromatic rings. The van der Waals surface area contributed by atoms with Gasteiger partial charge in [0.25, 0.3) is 0 Å². The van der Waals surface area contributed by atoms with E-state index in [9.17, 15) is 0 Å². The van der Waals surface area contributed by atoms with Crippen molar-refractivity contribution in [2.45, 2.75) is 33.1 Å².